The van der Waals surface area contributed by atoms with Gasteiger partial charge in [-0.2, -0.15) is 0 Å². The van der Waals surface area contributed by atoms with Gasteiger partial charge >= 0.3 is 12.1 Å². The lowest BCUT2D eigenvalue weighted by atomic mass is 10.1. The largest absolute Gasteiger partial charge is 0.464 e. The molecule has 0 saturated carbocycles. The Bertz CT molecular complexity index is 600. The van der Waals surface area contributed by atoms with Gasteiger partial charge in [-0.25, -0.2) is 9.59 Å². The van der Waals surface area contributed by atoms with Crippen LogP contribution in [0.4, 0.5) is 4.79 Å². The van der Waals surface area contributed by atoms with E-state index in [2.05, 4.69) is 11.9 Å². The second-order valence-electron chi connectivity index (χ2n) is 8.10. The molecule has 1 amide bonds. The van der Waals surface area contributed by atoms with Gasteiger partial charge in [0.15, 0.2) is 0 Å². The van der Waals surface area contributed by atoms with Crippen LogP contribution in [0.2, 0.25) is 0 Å². The quantitative estimate of drug-likeness (QED) is 0.209. The van der Waals surface area contributed by atoms with E-state index in [0.717, 1.165) is 31.2 Å². The smallest absolute Gasteiger partial charge is 0.407 e. The van der Waals surface area contributed by atoms with Gasteiger partial charge in [-0.3, -0.25) is 0 Å². The summed E-state index contributed by atoms with van der Waals surface area (Å²) < 4.78 is 10.6. The first-order valence-corrected chi connectivity index (χ1v) is 11.3. The third-order valence-electron chi connectivity index (χ3n) is 4.70. The summed E-state index contributed by atoms with van der Waals surface area (Å²) >= 11 is 0. The average Bonchev–Trinajstić information content (AvgIpc) is 2.73. The number of carbonyl (C=O) groups is 2. The lowest BCUT2D eigenvalue weighted by Crippen LogP contribution is -2.44. The topological polar surface area (TPSA) is 64.6 Å². The van der Waals surface area contributed by atoms with Gasteiger partial charge in [-0.15, -0.1) is 6.58 Å². The fraction of sp³-hybridized carbons (Fsp3) is 0.600. The Hall–Kier alpha value is -2.30. The van der Waals surface area contributed by atoms with Crippen LogP contribution in [0.25, 0.3) is 0 Å². The number of allylic oxidation sites excluding steroid dienone is 1. The molecule has 5 heteroatoms. The van der Waals surface area contributed by atoms with Crippen LogP contribution in [0.15, 0.2) is 43.0 Å². The number of amides is 1. The van der Waals surface area contributed by atoms with E-state index in [-0.39, 0.29) is 5.92 Å². The predicted octanol–water partition coefficient (Wildman–Crippen LogP) is 5.83. The Morgan fingerprint density at radius 1 is 0.967 bits per heavy atom. The number of nitrogens with one attached hydrogen (secondary N) is 1. The van der Waals surface area contributed by atoms with E-state index >= 15 is 0 Å². The zero-order chi connectivity index (χ0) is 22.0. The highest BCUT2D eigenvalue weighted by Crippen LogP contribution is 2.10. The van der Waals surface area contributed by atoms with Crippen molar-refractivity contribution in [3.63, 3.8) is 0 Å². The Balaban J connectivity index is 2.35. The molecule has 1 aromatic carbocycles. The van der Waals surface area contributed by atoms with Crippen LogP contribution in [0.3, 0.4) is 0 Å². The standard InChI is InChI=1S/C25H39NO4/c1-4-5-6-7-8-9-10-11-15-18-29-24(27)23(19-22-16-13-12-14-17-22)26-25(28)30-20-21(2)3/h4,12-14,16-17,21,23H,1,5-11,15,18-20H2,2-3H3,(H,26,28)/t23-/m0/s1. The van der Waals surface area contributed by atoms with Crippen LogP contribution in [0.1, 0.15) is 70.8 Å². The molecule has 30 heavy (non-hydrogen) atoms. The number of alkyl carbamates (subject to hydrolysis) is 1. The second kappa shape index (κ2) is 16.5. The number of hydrogen-bond acceptors (Lipinski definition) is 4. The minimum absolute atomic E-state index is 0.234. The highest BCUT2D eigenvalue weighted by Gasteiger charge is 2.23. The second-order valence-corrected chi connectivity index (χ2v) is 8.10. The molecule has 0 aromatic heterocycles. The first-order chi connectivity index (χ1) is 14.5. The minimum Gasteiger partial charge on any atom is -0.464 e. The fourth-order valence-corrected chi connectivity index (χ4v) is 3.02. The molecule has 1 aromatic rings. The van der Waals surface area contributed by atoms with Gasteiger partial charge in [0.25, 0.3) is 0 Å². The molecule has 0 heterocycles. The van der Waals surface area contributed by atoms with Gasteiger partial charge in [0.05, 0.1) is 13.2 Å². The first kappa shape index (κ1) is 25.7. The summed E-state index contributed by atoms with van der Waals surface area (Å²) in [7, 11) is 0. The zero-order valence-electron chi connectivity index (χ0n) is 18.7. The molecule has 5 nitrogen and oxygen atoms in total. The number of unbranched alkanes of at least 4 members (excludes halogenated alkanes) is 7. The number of ether oxygens (including phenoxy) is 2. The van der Waals surface area contributed by atoms with E-state index in [4.69, 9.17) is 9.47 Å². The first-order valence-electron chi connectivity index (χ1n) is 11.3. The Labute approximate surface area is 182 Å². The Morgan fingerprint density at radius 3 is 2.23 bits per heavy atom. The summed E-state index contributed by atoms with van der Waals surface area (Å²) in [6.07, 6.45) is 10.8. The molecular weight excluding hydrogens is 378 g/mol. The molecule has 0 saturated heterocycles. The summed E-state index contributed by atoms with van der Waals surface area (Å²) in [5.41, 5.74) is 0.958. The van der Waals surface area contributed by atoms with Crippen molar-refractivity contribution in [2.24, 2.45) is 5.92 Å². The maximum absolute atomic E-state index is 12.6. The molecule has 0 aliphatic heterocycles. The van der Waals surface area contributed by atoms with Crippen molar-refractivity contribution in [3.05, 3.63) is 48.6 Å². The van der Waals surface area contributed by atoms with E-state index in [1.54, 1.807) is 0 Å². The molecule has 0 unspecified atom stereocenters. The molecule has 1 rings (SSSR count). The van der Waals surface area contributed by atoms with Gasteiger partial charge < -0.3 is 14.8 Å². The minimum atomic E-state index is -0.753. The summed E-state index contributed by atoms with van der Waals surface area (Å²) in [6, 6.07) is 8.84. The molecule has 0 aliphatic rings. The van der Waals surface area contributed by atoms with E-state index in [1.807, 2.05) is 50.3 Å². The predicted molar refractivity (Wildman–Crippen MR) is 121 cm³/mol. The van der Waals surface area contributed by atoms with Crippen molar-refractivity contribution in [3.8, 4) is 0 Å². The number of rotatable bonds is 16. The molecule has 0 spiro atoms. The number of carbonyl (C=O) groups excluding carboxylic acids is 2. The van der Waals surface area contributed by atoms with Crippen LogP contribution in [-0.4, -0.2) is 31.3 Å². The lowest BCUT2D eigenvalue weighted by molar-refractivity contribution is -0.146. The Kier molecular flexibility index (Phi) is 14.1. The van der Waals surface area contributed by atoms with Gasteiger partial charge in [0.2, 0.25) is 0 Å². The molecule has 0 radical (unpaired) electrons. The molecule has 0 aliphatic carbocycles. The van der Waals surface area contributed by atoms with Crippen LogP contribution in [-0.2, 0) is 20.7 Å². The lowest BCUT2D eigenvalue weighted by Gasteiger charge is -2.18. The molecular formula is C25H39NO4. The molecule has 1 N–H and O–H groups in total. The van der Waals surface area contributed by atoms with E-state index in [0.29, 0.717) is 19.6 Å². The maximum atomic E-state index is 12.6. The van der Waals surface area contributed by atoms with Gasteiger partial charge in [-0.05, 0) is 30.7 Å². The number of benzene rings is 1. The van der Waals surface area contributed by atoms with Crippen LogP contribution < -0.4 is 5.32 Å². The summed E-state index contributed by atoms with van der Waals surface area (Å²) in [5, 5.41) is 2.66. The maximum Gasteiger partial charge on any atom is 0.407 e. The van der Waals surface area contributed by atoms with Gasteiger partial charge in [-0.1, -0.05) is 82.4 Å². The zero-order valence-corrected chi connectivity index (χ0v) is 18.7. The van der Waals surface area contributed by atoms with E-state index < -0.39 is 18.1 Å². The summed E-state index contributed by atoms with van der Waals surface area (Å²) in [6.45, 7) is 8.35. The highest BCUT2D eigenvalue weighted by molar-refractivity contribution is 5.81. The third-order valence-corrected chi connectivity index (χ3v) is 4.70. The highest BCUT2D eigenvalue weighted by atomic mass is 16.6. The van der Waals surface area contributed by atoms with Crippen LogP contribution in [0.5, 0.6) is 0 Å². The van der Waals surface area contributed by atoms with Crippen molar-refractivity contribution in [1.82, 2.24) is 5.32 Å². The third kappa shape index (κ3) is 13.0. The number of esters is 1. The van der Waals surface area contributed by atoms with Gasteiger partial charge in [0, 0.05) is 6.42 Å². The van der Waals surface area contributed by atoms with E-state index in [9.17, 15) is 9.59 Å². The van der Waals surface area contributed by atoms with Crippen molar-refractivity contribution in [1.29, 1.82) is 0 Å². The van der Waals surface area contributed by atoms with Crippen molar-refractivity contribution < 1.29 is 19.1 Å². The Morgan fingerprint density at radius 2 is 1.60 bits per heavy atom. The SMILES string of the molecule is C=CCCCCCCCCCOC(=O)[C@H](Cc1ccccc1)NC(=O)OCC(C)C. The van der Waals surface area contributed by atoms with Crippen molar-refractivity contribution in [2.45, 2.75) is 77.7 Å². The van der Waals surface area contributed by atoms with E-state index in [1.165, 1.54) is 25.7 Å². The fourth-order valence-electron chi connectivity index (χ4n) is 3.02. The molecule has 0 fully saturated rings. The van der Waals surface area contributed by atoms with Crippen LogP contribution in [0, 0.1) is 5.92 Å². The average molecular weight is 418 g/mol. The summed E-state index contributed by atoms with van der Waals surface area (Å²) in [4.78, 5) is 24.6. The summed E-state index contributed by atoms with van der Waals surface area (Å²) in [5.74, 6) is -0.179. The molecule has 0 bridgehead atoms. The van der Waals surface area contributed by atoms with Gasteiger partial charge in [0.1, 0.15) is 6.04 Å². The van der Waals surface area contributed by atoms with Crippen molar-refractivity contribution >= 4 is 12.1 Å². The van der Waals surface area contributed by atoms with Crippen molar-refractivity contribution in [2.75, 3.05) is 13.2 Å². The molecule has 1 atom stereocenters. The number of hydrogen-bond donors (Lipinski definition) is 1. The molecule has 168 valence electrons. The monoisotopic (exact) mass is 417 g/mol. The van der Waals surface area contributed by atoms with Crippen LogP contribution >= 0.6 is 0 Å². The normalized spacial score (nSPS) is 11.7.